The topological polar surface area (TPSA) is 28.5 Å². The number of nitrogens with zero attached hydrogens (tertiary/aromatic N) is 3. The van der Waals surface area contributed by atoms with Crippen molar-refractivity contribution >= 4 is 28.4 Å². The van der Waals surface area contributed by atoms with Gasteiger partial charge in [0.2, 0.25) is 5.91 Å². The summed E-state index contributed by atoms with van der Waals surface area (Å²) in [5.41, 5.74) is 1.18. The molecule has 0 radical (unpaired) electrons. The number of aryl methyl sites for hydroxylation is 1. The maximum atomic E-state index is 12.4. The number of fused-ring (bicyclic) bond motifs is 1. The molecule has 1 aliphatic rings. The summed E-state index contributed by atoms with van der Waals surface area (Å²) in [5.74, 6) is 0.297. The molecule has 1 fully saturated rings. The highest BCUT2D eigenvalue weighted by atomic mass is 35.5. The molecule has 0 bridgehead atoms. The quantitative estimate of drug-likeness (QED) is 0.798. The molecule has 1 amide bonds. The van der Waals surface area contributed by atoms with Crippen molar-refractivity contribution in [3.63, 3.8) is 0 Å². The lowest BCUT2D eigenvalue weighted by Crippen LogP contribution is -2.48. The van der Waals surface area contributed by atoms with Gasteiger partial charge in [0.1, 0.15) is 0 Å². The molecule has 1 aliphatic heterocycles. The smallest absolute Gasteiger partial charge is 0.222 e. The van der Waals surface area contributed by atoms with E-state index in [4.69, 9.17) is 11.6 Å². The fourth-order valence-corrected chi connectivity index (χ4v) is 3.64. The van der Waals surface area contributed by atoms with Gasteiger partial charge in [0.15, 0.2) is 0 Å². The van der Waals surface area contributed by atoms with Crippen molar-refractivity contribution in [1.29, 1.82) is 0 Å². The van der Waals surface area contributed by atoms with Crippen LogP contribution in [-0.2, 0) is 11.3 Å². The minimum atomic E-state index is 0.297. The first-order chi connectivity index (χ1) is 11.7. The van der Waals surface area contributed by atoms with Crippen LogP contribution in [-0.4, -0.2) is 53.0 Å². The van der Waals surface area contributed by atoms with Crippen LogP contribution in [0.3, 0.4) is 0 Å². The molecule has 1 saturated heterocycles. The van der Waals surface area contributed by atoms with Crippen LogP contribution in [0, 0.1) is 0 Å². The van der Waals surface area contributed by atoms with Gasteiger partial charge in [-0.15, -0.1) is 0 Å². The zero-order valence-corrected chi connectivity index (χ0v) is 15.1. The molecule has 0 aliphatic carbocycles. The van der Waals surface area contributed by atoms with E-state index in [0.717, 1.165) is 56.1 Å². The Bertz CT molecular complexity index is 689. The summed E-state index contributed by atoms with van der Waals surface area (Å²) in [5, 5.41) is 1.92. The SMILES string of the molecule is CCCN1CCN(C(=O)CCCn2ccc3cc(Cl)ccc32)CC1. The van der Waals surface area contributed by atoms with E-state index in [1.165, 1.54) is 11.9 Å². The third-order valence-electron chi connectivity index (χ3n) is 4.79. The first-order valence-corrected chi connectivity index (χ1v) is 9.29. The number of aromatic nitrogens is 1. The van der Waals surface area contributed by atoms with Crippen LogP contribution in [0.4, 0.5) is 0 Å². The normalized spacial score (nSPS) is 16.0. The van der Waals surface area contributed by atoms with Gasteiger partial charge in [-0.1, -0.05) is 18.5 Å². The van der Waals surface area contributed by atoms with Crippen LogP contribution in [0.2, 0.25) is 5.02 Å². The molecule has 1 aromatic carbocycles. The number of hydrogen-bond donors (Lipinski definition) is 0. The van der Waals surface area contributed by atoms with E-state index in [-0.39, 0.29) is 0 Å². The standard InChI is InChI=1S/C19H26ClN3O/c1-2-8-21-11-13-23(14-12-21)19(24)4-3-9-22-10-7-16-15-17(20)5-6-18(16)22/h5-7,10,15H,2-4,8-9,11-14H2,1H3. The summed E-state index contributed by atoms with van der Waals surface area (Å²) in [4.78, 5) is 16.9. The average molecular weight is 348 g/mol. The van der Waals surface area contributed by atoms with Crippen molar-refractivity contribution in [3.8, 4) is 0 Å². The number of amides is 1. The summed E-state index contributed by atoms with van der Waals surface area (Å²) in [6.45, 7) is 8.01. The van der Waals surface area contributed by atoms with Crippen LogP contribution in [0.25, 0.3) is 10.9 Å². The third-order valence-corrected chi connectivity index (χ3v) is 5.02. The molecule has 0 unspecified atom stereocenters. The first kappa shape index (κ1) is 17.3. The Hall–Kier alpha value is -1.52. The van der Waals surface area contributed by atoms with Crippen molar-refractivity contribution in [1.82, 2.24) is 14.4 Å². The zero-order chi connectivity index (χ0) is 16.9. The third kappa shape index (κ3) is 4.11. The Morgan fingerprint density at radius 1 is 1.12 bits per heavy atom. The van der Waals surface area contributed by atoms with Crippen LogP contribution in [0.15, 0.2) is 30.5 Å². The fourth-order valence-electron chi connectivity index (χ4n) is 3.46. The molecule has 4 nitrogen and oxygen atoms in total. The molecule has 0 saturated carbocycles. The number of halogens is 1. The van der Waals surface area contributed by atoms with Gasteiger partial charge in [-0.25, -0.2) is 0 Å². The number of piperazine rings is 1. The predicted molar refractivity (Wildman–Crippen MR) is 99.5 cm³/mol. The Balaban J connectivity index is 1.47. The Labute approximate surface area is 149 Å². The van der Waals surface area contributed by atoms with Gasteiger partial charge < -0.3 is 9.47 Å². The summed E-state index contributed by atoms with van der Waals surface area (Å²) in [6.07, 6.45) is 4.76. The summed E-state index contributed by atoms with van der Waals surface area (Å²) >= 11 is 6.03. The molecular weight excluding hydrogens is 322 g/mol. The minimum absolute atomic E-state index is 0.297. The van der Waals surface area contributed by atoms with Crippen molar-refractivity contribution in [2.24, 2.45) is 0 Å². The van der Waals surface area contributed by atoms with E-state index in [0.29, 0.717) is 12.3 Å². The molecule has 2 heterocycles. The monoisotopic (exact) mass is 347 g/mol. The lowest BCUT2D eigenvalue weighted by Gasteiger charge is -2.34. The highest BCUT2D eigenvalue weighted by molar-refractivity contribution is 6.31. The second kappa shape index (κ2) is 8.04. The molecule has 5 heteroatoms. The molecule has 0 atom stereocenters. The van der Waals surface area contributed by atoms with E-state index in [1.807, 2.05) is 23.1 Å². The second-order valence-corrected chi connectivity index (χ2v) is 6.97. The van der Waals surface area contributed by atoms with Crippen molar-refractivity contribution in [3.05, 3.63) is 35.5 Å². The van der Waals surface area contributed by atoms with Gasteiger partial charge >= 0.3 is 0 Å². The van der Waals surface area contributed by atoms with Crippen molar-refractivity contribution in [2.75, 3.05) is 32.7 Å². The maximum absolute atomic E-state index is 12.4. The summed E-state index contributed by atoms with van der Waals surface area (Å²) in [6, 6.07) is 8.03. The van der Waals surface area contributed by atoms with Crippen molar-refractivity contribution < 1.29 is 4.79 Å². The second-order valence-electron chi connectivity index (χ2n) is 6.54. The fraction of sp³-hybridized carbons (Fsp3) is 0.526. The predicted octanol–water partition coefficient (Wildman–Crippen LogP) is 3.63. The zero-order valence-electron chi connectivity index (χ0n) is 14.4. The number of hydrogen-bond acceptors (Lipinski definition) is 2. The van der Waals surface area contributed by atoms with Gasteiger partial charge in [0.25, 0.3) is 0 Å². The lowest BCUT2D eigenvalue weighted by molar-refractivity contribution is -0.133. The summed E-state index contributed by atoms with van der Waals surface area (Å²) < 4.78 is 2.21. The van der Waals surface area contributed by atoms with Crippen LogP contribution < -0.4 is 0 Å². The highest BCUT2D eigenvalue weighted by Gasteiger charge is 2.19. The van der Waals surface area contributed by atoms with E-state index in [2.05, 4.69) is 28.7 Å². The molecule has 0 spiro atoms. The lowest BCUT2D eigenvalue weighted by atomic mass is 10.2. The number of carbonyl (C=O) groups is 1. The molecule has 24 heavy (non-hydrogen) atoms. The maximum Gasteiger partial charge on any atom is 0.222 e. The van der Waals surface area contributed by atoms with Crippen molar-refractivity contribution in [2.45, 2.75) is 32.7 Å². The first-order valence-electron chi connectivity index (χ1n) is 8.92. The average Bonchev–Trinajstić information content (AvgIpc) is 2.98. The number of benzene rings is 1. The minimum Gasteiger partial charge on any atom is -0.347 e. The number of rotatable bonds is 6. The van der Waals surface area contributed by atoms with Crippen LogP contribution in [0.5, 0.6) is 0 Å². The van der Waals surface area contributed by atoms with Gasteiger partial charge in [-0.2, -0.15) is 0 Å². The molecular formula is C19H26ClN3O. The molecule has 3 rings (SSSR count). The molecule has 0 N–H and O–H groups in total. The Kier molecular flexibility index (Phi) is 5.80. The van der Waals surface area contributed by atoms with Crippen LogP contribution >= 0.6 is 11.6 Å². The molecule has 1 aromatic heterocycles. The number of carbonyl (C=O) groups excluding carboxylic acids is 1. The largest absolute Gasteiger partial charge is 0.347 e. The van der Waals surface area contributed by atoms with Gasteiger partial charge in [-0.05, 0) is 43.7 Å². The van der Waals surface area contributed by atoms with E-state index < -0.39 is 0 Å². The van der Waals surface area contributed by atoms with E-state index in [9.17, 15) is 4.79 Å². The van der Waals surface area contributed by atoms with E-state index >= 15 is 0 Å². The summed E-state index contributed by atoms with van der Waals surface area (Å²) in [7, 11) is 0. The van der Waals surface area contributed by atoms with Gasteiger partial charge in [0.05, 0.1) is 0 Å². The highest BCUT2D eigenvalue weighted by Crippen LogP contribution is 2.21. The molecule has 2 aromatic rings. The van der Waals surface area contributed by atoms with Gasteiger partial charge in [0, 0.05) is 61.3 Å². The van der Waals surface area contributed by atoms with Gasteiger partial charge in [-0.3, -0.25) is 9.69 Å². The molecule has 130 valence electrons. The van der Waals surface area contributed by atoms with Crippen LogP contribution in [0.1, 0.15) is 26.2 Å². The Morgan fingerprint density at radius 3 is 2.67 bits per heavy atom. The Morgan fingerprint density at radius 2 is 1.92 bits per heavy atom. The van der Waals surface area contributed by atoms with E-state index in [1.54, 1.807) is 0 Å².